The third-order valence-corrected chi connectivity index (χ3v) is 4.46. The first-order chi connectivity index (χ1) is 12.9. The van der Waals surface area contributed by atoms with E-state index in [2.05, 4.69) is 109 Å². The Balaban J connectivity index is 1.68. The largest absolute Gasteiger partial charge is 0.0622 e. The van der Waals surface area contributed by atoms with Crippen LogP contribution in [0.2, 0.25) is 0 Å². The summed E-state index contributed by atoms with van der Waals surface area (Å²) < 4.78 is 0. The molecule has 4 rings (SSSR count). The summed E-state index contributed by atoms with van der Waals surface area (Å²) in [7, 11) is 0. The summed E-state index contributed by atoms with van der Waals surface area (Å²) in [6, 6.07) is 33.9. The van der Waals surface area contributed by atoms with E-state index in [1.807, 2.05) is 12.1 Å². The molecule has 0 aliphatic rings. The molecule has 0 atom stereocenters. The predicted molar refractivity (Wildman–Crippen MR) is 115 cm³/mol. The molecule has 0 fully saturated rings. The van der Waals surface area contributed by atoms with Crippen LogP contribution in [0, 0.1) is 0 Å². The second-order valence-corrected chi connectivity index (χ2v) is 6.32. The Hall–Kier alpha value is -3.38. The van der Waals surface area contributed by atoms with Crippen molar-refractivity contribution in [1.82, 2.24) is 0 Å². The minimum Gasteiger partial charge on any atom is -0.0622 e. The van der Waals surface area contributed by atoms with Gasteiger partial charge in [0.05, 0.1) is 0 Å². The van der Waals surface area contributed by atoms with Crippen molar-refractivity contribution in [2.45, 2.75) is 0 Å². The summed E-state index contributed by atoms with van der Waals surface area (Å²) in [5, 5.41) is 2.53. The summed E-state index contributed by atoms with van der Waals surface area (Å²) in [6.45, 7) is 0. The zero-order chi connectivity index (χ0) is 17.6. The summed E-state index contributed by atoms with van der Waals surface area (Å²) >= 11 is 0. The van der Waals surface area contributed by atoms with Gasteiger partial charge in [0, 0.05) is 0 Å². The summed E-state index contributed by atoms with van der Waals surface area (Å²) in [6.07, 6.45) is 8.69. The van der Waals surface area contributed by atoms with Crippen molar-refractivity contribution in [2.75, 3.05) is 0 Å². The minimum atomic E-state index is 1.21. The predicted octanol–water partition coefficient (Wildman–Crippen LogP) is 7.18. The van der Waals surface area contributed by atoms with Crippen molar-refractivity contribution in [3.05, 3.63) is 119 Å². The van der Waals surface area contributed by atoms with Crippen LogP contribution >= 0.6 is 0 Å². The zero-order valence-corrected chi connectivity index (χ0v) is 14.5. The Labute approximate surface area is 154 Å². The molecule has 0 aromatic heterocycles. The van der Waals surface area contributed by atoms with E-state index in [4.69, 9.17) is 0 Å². The zero-order valence-electron chi connectivity index (χ0n) is 14.5. The van der Waals surface area contributed by atoms with Gasteiger partial charge in [-0.05, 0) is 39.1 Å². The second-order valence-electron chi connectivity index (χ2n) is 6.32. The van der Waals surface area contributed by atoms with Crippen LogP contribution in [0.4, 0.5) is 0 Å². The van der Waals surface area contributed by atoms with E-state index in [0.717, 1.165) is 0 Å². The molecule has 26 heavy (non-hydrogen) atoms. The molecule has 124 valence electrons. The molecule has 0 spiro atoms. The Morgan fingerprint density at radius 2 is 1.04 bits per heavy atom. The average Bonchev–Trinajstić information content (AvgIpc) is 2.72. The van der Waals surface area contributed by atoms with Gasteiger partial charge in [-0.2, -0.15) is 0 Å². The number of hydrogen-bond acceptors (Lipinski definition) is 0. The number of hydrogen-bond donors (Lipinski definition) is 0. The van der Waals surface area contributed by atoms with Gasteiger partial charge in [0.2, 0.25) is 0 Å². The highest BCUT2D eigenvalue weighted by Crippen LogP contribution is 2.23. The summed E-state index contributed by atoms with van der Waals surface area (Å²) in [5.74, 6) is 0. The molecule has 4 aromatic rings. The molecular weight excluding hydrogens is 312 g/mol. The third-order valence-electron chi connectivity index (χ3n) is 4.46. The van der Waals surface area contributed by atoms with Gasteiger partial charge in [0.1, 0.15) is 0 Å². The van der Waals surface area contributed by atoms with Crippen LogP contribution in [-0.4, -0.2) is 0 Å². The normalized spacial score (nSPS) is 11.5. The second kappa shape index (κ2) is 7.67. The molecular formula is C26H20. The molecule has 0 nitrogen and oxygen atoms in total. The molecule has 0 aliphatic heterocycles. The van der Waals surface area contributed by atoms with Crippen LogP contribution < -0.4 is 0 Å². The maximum absolute atomic E-state index is 2.26. The van der Waals surface area contributed by atoms with E-state index < -0.39 is 0 Å². The van der Waals surface area contributed by atoms with Crippen molar-refractivity contribution in [1.29, 1.82) is 0 Å². The van der Waals surface area contributed by atoms with Crippen LogP contribution in [0.1, 0.15) is 22.3 Å². The lowest BCUT2D eigenvalue weighted by atomic mass is 10.0. The number of fused-ring (bicyclic) bond motifs is 1. The van der Waals surface area contributed by atoms with Crippen molar-refractivity contribution in [3.8, 4) is 0 Å². The first-order valence-electron chi connectivity index (χ1n) is 8.87. The Bertz CT molecular complexity index is 1050. The van der Waals surface area contributed by atoms with Gasteiger partial charge in [0.25, 0.3) is 0 Å². The van der Waals surface area contributed by atoms with Crippen molar-refractivity contribution < 1.29 is 0 Å². The molecule has 0 saturated heterocycles. The monoisotopic (exact) mass is 332 g/mol. The minimum absolute atomic E-state index is 1.21. The fraction of sp³-hybridized carbons (Fsp3) is 0. The summed E-state index contributed by atoms with van der Waals surface area (Å²) in [4.78, 5) is 0. The first-order valence-corrected chi connectivity index (χ1v) is 8.87. The Morgan fingerprint density at radius 1 is 0.423 bits per heavy atom. The van der Waals surface area contributed by atoms with Gasteiger partial charge in [-0.1, -0.05) is 115 Å². The van der Waals surface area contributed by atoms with Crippen LogP contribution in [-0.2, 0) is 0 Å². The van der Waals surface area contributed by atoms with Gasteiger partial charge in [0.15, 0.2) is 0 Å². The Kier molecular flexibility index (Phi) is 4.75. The highest BCUT2D eigenvalue weighted by atomic mass is 14.0. The van der Waals surface area contributed by atoms with Gasteiger partial charge in [-0.15, -0.1) is 0 Å². The fourth-order valence-electron chi connectivity index (χ4n) is 3.07. The maximum Gasteiger partial charge on any atom is -0.0105 e. The maximum atomic E-state index is 2.26. The molecule has 0 aliphatic carbocycles. The van der Waals surface area contributed by atoms with Crippen LogP contribution in [0.3, 0.4) is 0 Å². The highest BCUT2D eigenvalue weighted by Gasteiger charge is 1.99. The van der Waals surface area contributed by atoms with E-state index >= 15 is 0 Å². The topological polar surface area (TPSA) is 0 Å². The van der Waals surface area contributed by atoms with Gasteiger partial charge in [-0.25, -0.2) is 0 Å². The molecule has 0 N–H and O–H groups in total. The average molecular weight is 332 g/mol. The van der Waals surface area contributed by atoms with Gasteiger partial charge in [-0.3, -0.25) is 0 Å². The molecule has 0 saturated carbocycles. The molecule has 0 amide bonds. The Morgan fingerprint density at radius 3 is 1.73 bits per heavy atom. The third kappa shape index (κ3) is 3.81. The molecule has 0 bridgehead atoms. The van der Waals surface area contributed by atoms with E-state index in [0.29, 0.717) is 0 Å². The molecule has 0 heterocycles. The molecule has 4 aromatic carbocycles. The van der Waals surface area contributed by atoms with E-state index in [1.54, 1.807) is 0 Å². The number of benzene rings is 4. The van der Waals surface area contributed by atoms with E-state index in [1.165, 1.54) is 33.0 Å². The van der Waals surface area contributed by atoms with Crippen LogP contribution in [0.5, 0.6) is 0 Å². The first kappa shape index (κ1) is 16.1. The number of rotatable bonds is 4. The smallest absolute Gasteiger partial charge is 0.0105 e. The van der Waals surface area contributed by atoms with Gasteiger partial charge >= 0.3 is 0 Å². The molecule has 0 unspecified atom stereocenters. The lowest BCUT2D eigenvalue weighted by molar-refractivity contribution is 1.65. The van der Waals surface area contributed by atoms with Crippen molar-refractivity contribution in [2.24, 2.45) is 0 Å². The summed E-state index contributed by atoms with van der Waals surface area (Å²) in [5.41, 5.74) is 4.87. The van der Waals surface area contributed by atoms with E-state index in [9.17, 15) is 0 Å². The van der Waals surface area contributed by atoms with Crippen molar-refractivity contribution >= 4 is 35.1 Å². The standard InChI is InChI=1S/C26H20/c1-3-8-21(9-4-1)14-15-23-17-19-25-13-7-12-24(26(25)20-23)18-16-22-10-5-2-6-11-22/h1-20H/b15-14+,18-16+. The molecule has 0 heteroatoms. The van der Waals surface area contributed by atoms with Crippen LogP contribution in [0.15, 0.2) is 97.1 Å². The quantitative estimate of drug-likeness (QED) is 0.347. The highest BCUT2D eigenvalue weighted by molar-refractivity contribution is 5.94. The SMILES string of the molecule is C(=C\c1ccc2cccc(/C=C/c3ccccc3)c2c1)/c1ccccc1. The van der Waals surface area contributed by atoms with Crippen molar-refractivity contribution in [3.63, 3.8) is 0 Å². The molecule has 0 radical (unpaired) electrons. The lowest BCUT2D eigenvalue weighted by Crippen LogP contribution is -1.81. The lowest BCUT2D eigenvalue weighted by Gasteiger charge is -2.04. The van der Waals surface area contributed by atoms with Crippen LogP contribution in [0.25, 0.3) is 35.1 Å². The van der Waals surface area contributed by atoms with E-state index in [-0.39, 0.29) is 0 Å². The fourth-order valence-corrected chi connectivity index (χ4v) is 3.07. The van der Waals surface area contributed by atoms with Gasteiger partial charge < -0.3 is 0 Å².